The number of benzene rings is 4. The van der Waals surface area contributed by atoms with Crippen LogP contribution < -0.4 is 25.0 Å². The molecule has 2 N–H and O–H groups in total. The minimum Gasteiger partial charge on any atom is -0.494 e. The van der Waals surface area contributed by atoms with Gasteiger partial charge in [-0.3, -0.25) is 4.79 Å². The lowest BCUT2D eigenvalue weighted by atomic mass is 9.86. The lowest BCUT2D eigenvalue weighted by molar-refractivity contribution is -0.132. The van der Waals surface area contributed by atoms with Crippen LogP contribution >= 0.6 is 0 Å². The highest BCUT2D eigenvalue weighted by Gasteiger charge is 2.36. The van der Waals surface area contributed by atoms with Crippen LogP contribution in [0.2, 0.25) is 0 Å². The molecule has 1 saturated heterocycles. The van der Waals surface area contributed by atoms with E-state index in [1.54, 1.807) is 12.1 Å². The second-order valence-electron chi connectivity index (χ2n) is 10.0. The molecule has 3 amide bonds. The van der Waals surface area contributed by atoms with E-state index in [1.165, 1.54) is 0 Å². The van der Waals surface area contributed by atoms with Crippen molar-refractivity contribution in [3.8, 4) is 17.2 Å². The smallest absolute Gasteiger partial charge is 0.323 e. The highest BCUT2D eigenvalue weighted by molar-refractivity contribution is 5.99. The summed E-state index contributed by atoms with van der Waals surface area (Å²) in [7, 11) is 0. The summed E-state index contributed by atoms with van der Waals surface area (Å²) in [5.74, 6) is 1.97. The first-order valence-electron chi connectivity index (χ1n) is 13.9. The Morgan fingerprint density at radius 2 is 1.29 bits per heavy atom. The van der Waals surface area contributed by atoms with Crippen LogP contribution in [0, 0.1) is 0 Å². The molecule has 0 saturated carbocycles. The molecule has 2 aliphatic rings. The van der Waals surface area contributed by atoms with Crippen molar-refractivity contribution in [2.45, 2.75) is 12.8 Å². The van der Waals surface area contributed by atoms with E-state index in [2.05, 4.69) is 15.5 Å². The third-order valence-electron chi connectivity index (χ3n) is 7.43. The molecule has 0 aromatic heterocycles. The average Bonchev–Trinajstić information content (AvgIpc) is 3.01. The number of nitrogens with one attached hydrogen (secondary N) is 2. The summed E-state index contributed by atoms with van der Waals surface area (Å²) in [6.45, 7) is 5.23. The molecule has 4 aromatic rings. The van der Waals surface area contributed by atoms with Gasteiger partial charge in [-0.15, -0.1) is 0 Å². The van der Waals surface area contributed by atoms with Crippen molar-refractivity contribution >= 4 is 29.0 Å². The molecule has 0 spiro atoms. The van der Waals surface area contributed by atoms with Gasteiger partial charge in [0.1, 0.15) is 17.2 Å². The van der Waals surface area contributed by atoms with E-state index < -0.39 is 0 Å². The zero-order valence-electron chi connectivity index (χ0n) is 22.9. The molecule has 4 aromatic carbocycles. The van der Waals surface area contributed by atoms with E-state index >= 15 is 0 Å². The quantitative estimate of drug-likeness (QED) is 0.295. The summed E-state index contributed by atoms with van der Waals surface area (Å²) in [5, 5.41) is 5.70. The first-order valence-corrected chi connectivity index (χ1v) is 13.9. The van der Waals surface area contributed by atoms with Gasteiger partial charge in [0, 0.05) is 54.4 Å². The van der Waals surface area contributed by atoms with Crippen molar-refractivity contribution in [3.05, 3.63) is 108 Å². The van der Waals surface area contributed by atoms with Crippen molar-refractivity contribution < 1.29 is 19.1 Å². The Kier molecular flexibility index (Phi) is 7.45. The molecule has 6 rings (SSSR count). The molecule has 208 valence electrons. The molecule has 0 aliphatic carbocycles. The molecule has 8 heteroatoms. The van der Waals surface area contributed by atoms with Crippen LogP contribution in [0.15, 0.2) is 97.1 Å². The van der Waals surface area contributed by atoms with Crippen LogP contribution in [0.1, 0.15) is 24.0 Å². The maximum atomic E-state index is 13.8. The van der Waals surface area contributed by atoms with Gasteiger partial charge in [0.2, 0.25) is 5.91 Å². The minimum atomic E-state index is -0.373. The van der Waals surface area contributed by atoms with Crippen LogP contribution in [0.4, 0.5) is 21.9 Å². The molecule has 2 aliphatic heterocycles. The Bertz CT molecular complexity index is 1480. The Labute approximate surface area is 239 Å². The van der Waals surface area contributed by atoms with Crippen LogP contribution in [0.3, 0.4) is 0 Å². The highest BCUT2D eigenvalue weighted by Crippen LogP contribution is 2.44. The van der Waals surface area contributed by atoms with Gasteiger partial charge in [-0.05, 0) is 67.6 Å². The molecule has 0 bridgehead atoms. The van der Waals surface area contributed by atoms with Crippen LogP contribution in [-0.4, -0.2) is 49.6 Å². The zero-order valence-corrected chi connectivity index (χ0v) is 22.9. The van der Waals surface area contributed by atoms with Crippen molar-refractivity contribution in [2.24, 2.45) is 0 Å². The number of nitrogens with zero attached hydrogens (tertiary/aromatic N) is 2. The van der Waals surface area contributed by atoms with Gasteiger partial charge in [-0.25, -0.2) is 4.79 Å². The van der Waals surface area contributed by atoms with Crippen molar-refractivity contribution in [1.29, 1.82) is 0 Å². The van der Waals surface area contributed by atoms with E-state index in [9.17, 15) is 9.59 Å². The standard InChI is InChI=1S/C33H32N4O4/c1-2-40-26-17-13-24(14-18-26)35-33(39)34-23-11-15-25(16-12-23)36-19-21-37(22-20-36)32(38)31-27-7-3-5-9-29(27)41-30-10-6-4-8-28(30)31/h3-18,31H,2,19-22H2,1H3,(H2,34,35,39). The van der Waals surface area contributed by atoms with Gasteiger partial charge < -0.3 is 29.9 Å². The van der Waals surface area contributed by atoms with Gasteiger partial charge in [0.15, 0.2) is 0 Å². The fourth-order valence-electron chi connectivity index (χ4n) is 5.39. The fourth-order valence-corrected chi connectivity index (χ4v) is 5.39. The van der Waals surface area contributed by atoms with Gasteiger partial charge in [0.05, 0.1) is 12.5 Å². The number of rotatable bonds is 6. The number of hydrogen-bond donors (Lipinski definition) is 2. The highest BCUT2D eigenvalue weighted by atomic mass is 16.5. The Hall–Kier alpha value is -4.98. The zero-order chi connectivity index (χ0) is 28.2. The number of amides is 3. The van der Waals surface area contributed by atoms with Crippen molar-refractivity contribution in [2.75, 3.05) is 48.3 Å². The predicted octanol–water partition coefficient (Wildman–Crippen LogP) is 6.32. The molecule has 0 unspecified atom stereocenters. The molecule has 0 atom stereocenters. The maximum Gasteiger partial charge on any atom is 0.323 e. The summed E-state index contributed by atoms with van der Waals surface area (Å²) in [5.41, 5.74) is 4.25. The number of carbonyl (C=O) groups is 2. The van der Waals surface area contributed by atoms with Gasteiger partial charge >= 0.3 is 6.03 Å². The summed E-state index contributed by atoms with van der Waals surface area (Å²) in [6.07, 6.45) is 0. The Balaban J connectivity index is 1.05. The van der Waals surface area contributed by atoms with E-state index in [-0.39, 0.29) is 17.9 Å². The molecule has 2 heterocycles. The van der Waals surface area contributed by atoms with E-state index in [0.29, 0.717) is 31.1 Å². The molecule has 8 nitrogen and oxygen atoms in total. The number of fused-ring (bicyclic) bond motifs is 2. The number of ether oxygens (including phenoxy) is 2. The van der Waals surface area contributed by atoms with E-state index in [4.69, 9.17) is 9.47 Å². The first-order chi connectivity index (χ1) is 20.1. The number of urea groups is 1. The number of hydrogen-bond acceptors (Lipinski definition) is 5. The maximum absolute atomic E-state index is 13.8. The van der Waals surface area contributed by atoms with Crippen LogP contribution in [0.25, 0.3) is 0 Å². The van der Waals surface area contributed by atoms with Crippen molar-refractivity contribution in [1.82, 2.24) is 4.90 Å². The lowest BCUT2D eigenvalue weighted by Gasteiger charge is -2.38. The number of para-hydroxylation sites is 2. The fraction of sp³-hybridized carbons (Fsp3) is 0.212. The van der Waals surface area contributed by atoms with E-state index in [0.717, 1.165) is 47.2 Å². The Morgan fingerprint density at radius 3 is 1.85 bits per heavy atom. The summed E-state index contributed by atoms with van der Waals surface area (Å²) in [6, 6.07) is 30.3. The summed E-state index contributed by atoms with van der Waals surface area (Å²) >= 11 is 0. The minimum absolute atomic E-state index is 0.103. The normalized spacial score (nSPS) is 14.4. The van der Waals surface area contributed by atoms with Crippen LogP contribution in [-0.2, 0) is 4.79 Å². The third-order valence-corrected chi connectivity index (χ3v) is 7.43. The number of carbonyl (C=O) groups excluding carboxylic acids is 2. The predicted molar refractivity (Wildman–Crippen MR) is 160 cm³/mol. The molecular formula is C33H32N4O4. The first kappa shape index (κ1) is 26.3. The van der Waals surface area contributed by atoms with Crippen LogP contribution in [0.5, 0.6) is 17.2 Å². The number of anilines is 3. The van der Waals surface area contributed by atoms with Gasteiger partial charge in [0.25, 0.3) is 0 Å². The largest absolute Gasteiger partial charge is 0.494 e. The second-order valence-corrected chi connectivity index (χ2v) is 10.0. The Morgan fingerprint density at radius 1 is 0.756 bits per heavy atom. The second kappa shape index (κ2) is 11.6. The van der Waals surface area contributed by atoms with E-state index in [1.807, 2.05) is 96.8 Å². The molecule has 0 radical (unpaired) electrons. The number of piperazine rings is 1. The van der Waals surface area contributed by atoms with Gasteiger partial charge in [-0.1, -0.05) is 36.4 Å². The average molecular weight is 549 g/mol. The van der Waals surface area contributed by atoms with Gasteiger partial charge in [-0.2, -0.15) is 0 Å². The lowest BCUT2D eigenvalue weighted by Crippen LogP contribution is -2.50. The third kappa shape index (κ3) is 5.68. The monoisotopic (exact) mass is 548 g/mol. The summed E-state index contributed by atoms with van der Waals surface area (Å²) < 4.78 is 11.5. The summed E-state index contributed by atoms with van der Waals surface area (Å²) in [4.78, 5) is 30.5. The molecule has 41 heavy (non-hydrogen) atoms. The molecular weight excluding hydrogens is 516 g/mol. The molecule has 1 fully saturated rings. The SMILES string of the molecule is CCOc1ccc(NC(=O)Nc2ccc(N3CCN(C(=O)C4c5ccccc5Oc5ccccc54)CC3)cc2)cc1. The topological polar surface area (TPSA) is 83.1 Å². The van der Waals surface area contributed by atoms with Crippen molar-refractivity contribution in [3.63, 3.8) is 0 Å².